The van der Waals surface area contributed by atoms with Gasteiger partial charge in [-0.3, -0.25) is 4.98 Å². The van der Waals surface area contributed by atoms with Crippen molar-refractivity contribution in [2.24, 2.45) is 0 Å². The van der Waals surface area contributed by atoms with Crippen molar-refractivity contribution in [2.45, 2.75) is 45.6 Å². The Bertz CT molecular complexity index is 333. The zero-order valence-electron chi connectivity index (χ0n) is 11.3. The number of ether oxygens (including phenoxy) is 1. The molecule has 1 aromatic heterocycles. The fraction of sp³-hybridized carbons (Fsp3) is 0.643. The molecule has 102 valence electrons. The number of nitrogens with zero attached hydrogens (tertiary/aromatic N) is 1. The number of hydrogen-bond donors (Lipinski definition) is 1. The Balaban J connectivity index is 2.07. The minimum absolute atomic E-state index is 0.570. The minimum Gasteiger partial charge on any atom is -0.491 e. The van der Waals surface area contributed by atoms with Crippen molar-refractivity contribution in [1.82, 2.24) is 10.3 Å². The summed E-state index contributed by atoms with van der Waals surface area (Å²) in [6.07, 6.45) is 8.64. The van der Waals surface area contributed by atoms with Crippen molar-refractivity contribution in [3.05, 3.63) is 22.9 Å². The fourth-order valence-corrected chi connectivity index (χ4v) is 2.09. The number of pyridine rings is 1. The van der Waals surface area contributed by atoms with Gasteiger partial charge in [-0.15, -0.1) is 0 Å². The highest BCUT2D eigenvalue weighted by molar-refractivity contribution is 9.10. The Hall–Kier alpha value is -0.610. The van der Waals surface area contributed by atoms with Gasteiger partial charge in [-0.05, 0) is 35.3 Å². The summed E-state index contributed by atoms with van der Waals surface area (Å²) in [6.45, 7) is 6.02. The summed E-state index contributed by atoms with van der Waals surface area (Å²) in [4.78, 5) is 4.06. The summed E-state index contributed by atoms with van der Waals surface area (Å²) in [7, 11) is 0. The second kappa shape index (κ2) is 9.34. The van der Waals surface area contributed by atoms with Crippen LogP contribution in [0, 0.1) is 0 Å². The van der Waals surface area contributed by atoms with E-state index < -0.39 is 0 Å². The van der Waals surface area contributed by atoms with Crippen molar-refractivity contribution in [2.75, 3.05) is 13.2 Å². The van der Waals surface area contributed by atoms with Crippen LogP contribution in [0.1, 0.15) is 39.5 Å². The van der Waals surface area contributed by atoms with Crippen molar-refractivity contribution in [1.29, 1.82) is 0 Å². The predicted octanol–water partition coefficient (Wildman–Crippen LogP) is 3.78. The van der Waals surface area contributed by atoms with Gasteiger partial charge in [0.15, 0.2) is 0 Å². The van der Waals surface area contributed by atoms with Crippen LogP contribution < -0.4 is 10.1 Å². The smallest absolute Gasteiger partial charge is 0.138 e. The van der Waals surface area contributed by atoms with E-state index in [2.05, 4.69) is 40.1 Å². The third kappa shape index (κ3) is 6.97. The largest absolute Gasteiger partial charge is 0.491 e. The SMILES string of the molecule is CCCCCC(C)NCCOc1cncc(Br)c1. The monoisotopic (exact) mass is 314 g/mol. The molecule has 0 aliphatic carbocycles. The van der Waals surface area contributed by atoms with Gasteiger partial charge in [0.05, 0.1) is 6.20 Å². The predicted molar refractivity (Wildman–Crippen MR) is 79.0 cm³/mol. The first-order chi connectivity index (χ1) is 8.72. The van der Waals surface area contributed by atoms with Gasteiger partial charge in [0.1, 0.15) is 12.4 Å². The Morgan fingerprint density at radius 2 is 2.22 bits per heavy atom. The first-order valence-corrected chi connectivity index (χ1v) is 7.48. The number of hydrogen-bond acceptors (Lipinski definition) is 3. The van der Waals surface area contributed by atoms with Crippen molar-refractivity contribution >= 4 is 15.9 Å². The van der Waals surface area contributed by atoms with Crippen molar-refractivity contribution < 1.29 is 4.74 Å². The van der Waals surface area contributed by atoms with E-state index in [1.807, 2.05) is 6.07 Å². The van der Waals surface area contributed by atoms with Crippen LogP contribution in [0.25, 0.3) is 0 Å². The number of unbranched alkanes of at least 4 members (excludes halogenated alkanes) is 2. The van der Waals surface area contributed by atoms with Crippen LogP contribution in [0.15, 0.2) is 22.9 Å². The highest BCUT2D eigenvalue weighted by Crippen LogP contribution is 2.15. The lowest BCUT2D eigenvalue weighted by molar-refractivity contribution is 0.303. The molecule has 3 nitrogen and oxygen atoms in total. The third-order valence-corrected chi connectivity index (χ3v) is 3.22. The number of halogens is 1. The lowest BCUT2D eigenvalue weighted by Crippen LogP contribution is -2.30. The molecule has 18 heavy (non-hydrogen) atoms. The molecule has 0 aliphatic rings. The molecule has 1 aromatic rings. The summed E-state index contributed by atoms with van der Waals surface area (Å²) in [5.41, 5.74) is 0. The lowest BCUT2D eigenvalue weighted by atomic mass is 10.1. The van der Waals surface area contributed by atoms with Gasteiger partial charge < -0.3 is 10.1 Å². The number of aromatic nitrogens is 1. The lowest BCUT2D eigenvalue weighted by Gasteiger charge is -2.13. The zero-order valence-corrected chi connectivity index (χ0v) is 12.9. The first-order valence-electron chi connectivity index (χ1n) is 6.69. The van der Waals surface area contributed by atoms with E-state index in [0.717, 1.165) is 16.8 Å². The summed E-state index contributed by atoms with van der Waals surface area (Å²) in [5, 5.41) is 3.47. The molecular weight excluding hydrogens is 292 g/mol. The van der Waals surface area contributed by atoms with Crippen LogP contribution in [0.3, 0.4) is 0 Å². The highest BCUT2D eigenvalue weighted by atomic mass is 79.9. The summed E-state index contributed by atoms with van der Waals surface area (Å²) >= 11 is 3.37. The molecule has 0 saturated heterocycles. The Kier molecular flexibility index (Phi) is 8.01. The van der Waals surface area contributed by atoms with Crippen LogP contribution in [0.5, 0.6) is 5.75 Å². The van der Waals surface area contributed by atoms with Gasteiger partial charge in [0, 0.05) is 23.3 Å². The average Bonchev–Trinajstić information content (AvgIpc) is 2.35. The standard InChI is InChI=1S/C14H23BrN2O/c1-3-4-5-6-12(2)17-7-8-18-14-9-13(15)10-16-11-14/h9-12,17H,3-8H2,1-2H3. The minimum atomic E-state index is 0.570. The Labute approximate surface area is 118 Å². The van der Waals surface area contributed by atoms with E-state index >= 15 is 0 Å². The molecule has 4 heteroatoms. The van der Waals surface area contributed by atoms with Gasteiger partial charge in [-0.2, -0.15) is 0 Å². The topological polar surface area (TPSA) is 34.1 Å². The maximum absolute atomic E-state index is 5.61. The van der Waals surface area contributed by atoms with E-state index in [-0.39, 0.29) is 0 Å². The van der Waals surface area contributed by atoms with Crippen molar-refractivity contribution in [3.8, 4) is 5.75 Å². The molecule has 1 unspecified atom stereocenters. The van der Waals surface area contributed by atoms with Crippen LogP contribution in [0.4, 0.5) is 0 Å². The molecule has 0 saturated carbocycles. The van der Waals surface area contributed by atoms with Crippen LogP contribution in [-0.4, -0.2) is 24.2 Å². The van der Waals surface area contributed by atoms with Gasteiger partial charge in [-0.1, -0.05) is 26.2 Å². The molecule has 1 heterocycles. The second-order valence-corrected chi connectivity index (χ2v) is 5.45. The van der Waals surface area contributed by atoms with E-state index in [4.69, 9.17) is 4.74 Å². The Morgan fingerprint density at radius 3 is 2.94 bits per heavy atom. The maximum Gasteiger partial charge on any atom is 0.138 e. The normalized spacial score (nSPS) is 12.4. The summed E-state index contributed by atoms with van der Waals surface area (Å²) in [5.74, 6) is 0.810. The molecule has 1 rings (SSSR count). The molecule has 1 atom stereocenters. The molecule has 0 aromatic carbocycles. The third-order valence-electron chi connectivity index (χ3n) is 2.78. The van der Waals surface area contributed by atoms with Crippen molar-refractivity contribution in [3.63, 3.8) is 0 Å². The molecule has 1 N–H and O–H groups in total. The highest BCUT2D eigenvalue weighted by Gasteiger charge is 2.01. The van der Waals surface area contributed by atoms with Crippen LogP contribution in [0.2, 0.25) is 0 Å². The van der Waals surface area contributed by atoms with E-state index in [1.165, 1.54) is 25.7 Å². The summed E-state index contributed by atoms with van der Waals surface area (Å²) < 4.78 is 6.55. The van der Waals surface area contributed by atoms with E-state index in [0.29, 0.717) is 12.6 Å². The molecule has 0 bridgehead atoms. The van der Waals surface area contributed by atoms with Gasteiger partial charge in [0.25, 0.3) is 0 Å². The second-order valence-electron chi connectivity index (χ2n) is 4.54. The molecule has 0 fully saturated rings. The fourth-order valence-electron chi connectivity index (χ4n) is 1.75. The maximum atomic E-state index is 5.61. The van der Waals surface area contributed by atoms with E-state index in [9.17, 15) is 0 Å². The van der Waals surface area contributed by atoms with Gasteiger partial charge in [-0.25, -0.2) is 0 Å². The number of rotatable bonds is 9. The molecule has 0 spiro atoms. The van der Waals surface area contributed by atoms with Gasteiger partial charge in [0.2, 0.25) is 0 Å². The molecule has 0 radical (unpaired) electrons. The quantitative estimate of drug-likeness (QED) is 0.704. The summed E-state index contributed by atoms with van der Waals surface area (Å²) in [6, 6.07) is 2.50. The molecule has 0 amide bonds. The molecular formula is C14H23BrN2O. The number of nitrogens with one attached hydrogen (secondary N) is 1. The molecule has 0 aliphatic heterocycles. The van der Waals surface area contributed by atoms with E-state index in [1.54, 1.807) is 12.4 Å². The van der Waals surface area contributed by atoms with Gasteiger partial charge >= 0.3 is 0 Å². The van der Waals surface area contributed by atoms with Crippen LogP contribution >= 0.6 is 15.9 Å². The Morgan fingerprint density at radius 1 is 1.39 bits per heavy atom. The zero-order chi connectivity index (χ0) is 13.2. The average molecular weight is 315 g/mol. The van der Waals surface area contributed by atoms with Crippen LogP contribution in [-0.2, 0) is 0 Å². The first kappa shape index (κ1) is 15.4.